The van der Waals surface area contributed by atoms with Gasteiger partial charge >= 0.3 is 17.9 Å². The highest BCUT2D eigenvalue weighted by Gasteiger charge is 2.66. The third kappa shape index (κ3) is 2.63. The Morgan fingerprint density at radius 1 is 1.15 bits per heavy atom. The number of hydrogen-bond acceptors (Lipinski definition) is 4. The van der Waals surface area contributed by atoms with E-state index in [4.69, 9.17) is 4.74 Å². The molecule has 27 heavy (non-hydrogen) atoms. The fourth-order valence-corrected chi connectivity index (χ4v) is 6.93. The maximum Gasteiger partial charge on any atom is 0.312 e. The molecule has 0 heterocycles. The lowest BCUT2D eigenvalue weighted by molar-refractivity contribution is -0.190. The molecule has 0 aliphatic heterocycles. The van der Waals surface area contributed by atoms with Crippen LogP contribution in [0, 0.1) is 34.0 Å². The summed E-state index contributed by atoms with van der Waals surface area (Å²) in [4.78, 5) is 37.4. The lowest BCUT2D eigenvalue weighted by Crippen LogP contribution is -2.59. The fourth-order valence-electron chi connectivity index (χ4n) is 6.93. The van der Waals surface area contributed by atoms with Gasteiger partial charge in [0, 0.05) is 0 Å². The summed E-state index contributed by atoms with van der Waals surface area (Å²) in [5.74, 6) is -3.48. The lowest BCUT2D eigenvalue weighted by atomic mass is 9.46. The van der Waals surface area contributed by atoms with Crippen LogP contribution in [-0.2, 0) is 19.1 Å². The summed E-state index contributed by atoms with van der Waals surface area (Å²) in [5, 5.41) is 20.3. The van der Waals surface area contributed by atoms with Crippen molar-refractivity contribution in [2.24, 2.45) is 34.0 Å². The molecule has 0 amide bonds. The van der Waals surface area contributed by atoms with E-state index < -0.39 is 40.1 Å². The van der Waals surface area contributed by atoms with Crippen LogP contribution in [0.2, 0.25) is 0 Å². The lowest BCUT2D eigenvalue weighted by Gasteiger charge is -2.56. The van der Waals surface area contributed by atoms with Gasteiger partial charge in [-0.1, -0.05) is 25.5 Å². The normalized spacial score (nSPS) is 44.0. The van der Waals surface area contributed by atoms with Crippen LogP contribution in [0.4, 0.5) is 0 Å². The molecule has 6 heteroatoms. The fraction of sp³-hybridized carbons (Fsp3) is 0.762. The molecule has 2 bridgehead atoms. The second-order valence-electron chi connectivity index (χ2n) is 9.37. The average molecular weight is 378 g/mol. The molecule has 3 saturated carbocycles. The number of fused-ring (bicyclic) bond motifs is 2. The van der Waals surface area contributed by atoms with Crippen LogP contribution in [0.15, 0.2) is 12.2 Å². The number of carboxylic acids is 2. The second-order valence-corrected chi connectivity index (χ2v) is 9.37. The van der Waals surface area contributed by atoms with Gasteiger partial charge in [-0.25, -0.2) is 0 Å². The van der Waals surface area contributed by atoms with Crippen LogP contribution in [0.3, 0.4) is 0 Å². The molecule has 2 N–H and O–H groups in total. The number of esters is 1. The molecule has 6 atom stereocenters. The standard InChI is InChI=1S/C21H30O6/c1-12-10-21(17(24)25)11-13(12)6-7-14(21)19(2)8-5-9-20(3,18(26)27-4)15(19)16(22)23/h13-15H,1,5-11H2,2-4H3,(H,22,23)(H,24,25)/t13-,14+,15+,19-,20-,21+/m1/s1. The summed E-state index contributed by atoms with van der Waals surface area (Å²) in [6.45, 7) is 7.66. The number of ether oxygens (including phenoxy) is 1. The first kappa shape index (κ1) is 19.9. The van der Waals surface area contributed by atoms with Crippen molar-refractivity contribution in [3.8, 4) is 0 Å². The summed E-state index contributed by atoms with van der Waals surface area (Å²) in [5.41, 5.74) is -1.95. The summed E-state index contributed by atoms with van der Waals surface area (Å²) in [7, 11) is 1.28. The van der Waals surface area contributed by atoms with E-state index in [1.807, 2.05) is 6.92 Å². The van der Waals surface area contributed by atoms with Crippen molar-refractivity contribution in [3.05, 3.63) is 12.2 Å². The number of rotatable bonds is 4. The number of carbonyl (C=O) groups excluding carboxylic acids is 1. The Morgan fingerprint density at radius 2 is 1.81 bits per heavy atom. The van der Waals surface area contributed by atoms with Crippen molar-refractivity contribution in [2.45, 2.75) is 58.8 Å². The van der Waals surface area contributed by atoms with E-state index >= 15 is 0 Å². The molecule has 0 spiro atoms. The molecule has 3 aliphatic rings. The first-order chi connectivity index (χ1) is 12.5. The van der Waals surface area contributed by atoms with Crippen LogP contribution in [-0.4, -0.2) is 35.2 Å². The van der Waals surface area contributed by atoms with E-state index in [1.165, 1.54) is 7.11 Å². The third-order valence-electron chi connectivity index (χ3n) is 8.03. The number of hydrogen-bond donors (Lipinski definition) is 2. The molecule has 6 nitrogen and oxygen atoms in total. The van der Waals surface area contributed by atoms with Crippen molar-refractivity contribution in [3.63, 3.8) is 0 Å². The SMILES string of the molecule is C=C1C[C@]2(C(=O)O)C[C@H]1CC[C@H]2[C@@]1(C)CCC[C@@](C)(C(=O)OC)[C@H]1C(=O)O. The molecule has 0 aromatic heterocycles. The molecule has 0 saturated heterocycles. The average Bonchev–Trinajstić information content (AvgIpc) is 2.84. The van der Waals surface area contributed by atoms with Gasteiger partial charge in [-0.15, -0.1) is 0 Å². The second kappa shape index (κ2) is 6.35. The van der Waals surface area contributed by atoms with Crippen LogP contribution in [0.1, 0.15) is 58.8 Å². The zero-order valence-corrected chi connectivity index (χ0v) is 16.4. The minimum atomic E-state index is -1.15. The quantitative estimate of drug-likeness (QED) is 0.573. The molecule has 3 rings (SSSR count). The Bertz CT molecular complexity index is 699. The number of methoxy groups -OCH3 is 1. The Balaban J connectivity index is 2.12. The molecule has 0 unspecified atom stereocenters. The smallest absolute Gasteiger partial charge is 0.312 e. The van der Waals surface area contributed by atoms with Gasteiger partial charge in [0.2, 0.25) is 0 Å². The molecular weight excluding hydrogens is 348 g/mol. The van der Waals surface area contributed by atoms with Gasteiger partial charge in [-0.05, 0) is 62.7 Å². The molecule has 3 aliphatic carbocycles. The molecule has 3 fully saturated rings. The Hall–Kier alpha value is -1.85. The topological polar surface area (TPSA) is 101 Å². The van der Waals surface area contributed by atoms with Gasteiger partial charge in [0.05, 0.1) is 23.9 Å². The summed E-state index contributed by atoms with van der Waals surface area (Å²) >= 11 is 0. The van der Waals surface area contributed by atoms with Crippen LogP contribution < -0.4 is 0 Å². The summed E-state index contributed by atoms with van der Waals surface area (Å²) < 4.78 is 4.97. The van der Waals surface area contributed by atoms with Crippen molar-refractivity contribution in [1.29, 1.82) is 0 Å². The van der Waals surface area contributed by atoms with E-state index in [1.54, 1.807) is 6.92 Å². The highest BCUT2D eigenvalue weighted by molar-refractivity contribution is 5.85. The van der Waals surface area contributed by atoms with Gasteiger partial charge in [0.1, 0.15) is 0 Å². The van der Waals surface area contributed by atoms with Crippen molar-refractivity contribution >= 4 is 17.9 Å². The predicted molar refractivity (Wildman–Crippen MR) is 97.9 cm³/mol. The van der Waals surface area contributed by atoms with Crippen LogP contribution in [0.25, 0.3) is 0 Å². The number of aliphatic carboxylic acids is 2. The van der Waals surface area contributed by atoms with Gasteiger partial charge in [-0.3, -0.25) is 14.4 Å². The van der Waals surface area contributed by atoms with Crippen molar-refractivity contribution in [2.75, 3.05) is 7.11 Å². The van der Waals surface area contributed by atoms with E-state index in [-0.39, 0.29) is 11.8 Å². The Kier molecular flexibility index (Phi) is 4.68. The zero-order valence-electron chi connectivity index (χ0n) is 16.4. The monoisotopic (exact) mass is 378 g/mol. The van der Waals surface area contributed by atoms with E-state index in [0.29, 0.717) is 38.5 Å². The molecular formula is C21H30O6. The summed E-state index contributed by atoms with van der Waals surface area (Å²) in [6, 6.07) is 0. The maximum atomic E-state index is 12.6. The number of carbonyl (C=O) groups is 3. The van der Waals surface area contributed by atoms with Gasteiger partial charge < -0.3 is 14.9 Å². The number of carboxylic acid groups (broad SMARTS) is 2. The molecule has 0 radical (unpaired) electrons. The molecule has 0 aromatic carbocycles. The van der Waals surface area contributed by atoms with Crippen molar-refractivity contribution in [1.82, 2.24) is 0 Å². The van der Waals surface area contributed by atoms with Gasteiger partial charge in [-0.2, -0.15) is 0 Å². The van der Waals surface area contributed by atoms with E-state index in [2.05, 4.69) is 6.58 Å². The van der Waals surface area contributed by atoms with Crippen molar-refractivity contribution < 1.29 is 29.3 Å². The van der Waals surface area contributed by atoms with E-state index in [9.17, 15) is 24.6 Å². The first-order valence-corrected chi connectivity index (χ1v) is 9.75. The minimum Gasteiger partial charge on any atom is -0.481 e. The molecule has 0 aromatic rings. The predicted octanol–water partition coefficient (Wildman–Crippen LogP) is 3.50. The largest absolute Gasteiger partial charge is 0.481 e. The zero-order chi connectivity index (χ0) is 20.2. The first-order valence-electron chi connectivity index (χ1n) is 9.75. The van der Waals surface area contributed by atoms with Crippen LogP contribution >= 0.6 is 0 Å². The highest BCUT2D eigenvalue weighted by atomic mass is 16.5. The molecule has 150 valence electrons. The van der Waals surface area contributed by atoms with E-state index in [0.717, 1.165) is 12.0 Å². The Morgan fingerprint density at radius 3 is 2.37 bits per heavy atom. The third-order valence-corrected chi connectivity index (χ3v) is 8.03. The Labute approximate surface area is 160 Å². The van der Waals surface area contributed by atoms with Crippen LogP contribution in [0.5, 0.6) is 0 Å². The number of allylic oxidation sites excluding steroid dienone is 1. The van der Waals surface area contributed by atoms with Gasteiger partial charge in [0.25, 0.3) is 0 Å². The maximum absolute atomic E-state index is 12.6. The minimum absolute atomic E-state index is 0.208. The highest BCUT2D eigenvalue weighted by Crippen LogP contribution is 2.67. The van der Waals surface area contributed by atoms with Gasteiger partial charge in [0.15, 0.2) is 0 Å². The summed E-state index contributed by atoms with van der Waals surface area (Å²) in [6.07, 6.45) is 4.17.